The molecule has 4 N–H and O–H groups in total. The van der Waals surface area contributed by atoms with E-state index in [0.717, 1.165) is 6.20 Å². The van der Waals surface area contributed by atoms with Gasteiger partial charge in [0.15, 0.2) is 4.90 Å². The van der Waals surface area contributed by atoms with E-state index in [1.165, 1.54) is 14.0 Å². The van der Waals surface area contributed by atoms with Crippen LogP contribution in [-0.4, -0.2) is 49.4 Å². The molecular weight excluding hydrogens is 290 g/mol. The maximum Gasteiger partial charge on any atom is 0.325 e. The van der Waals surface area contributed by atoms with E-state index in [0.29, 0.717) is 0 Å². The maximum atomic E-state index is 11.9. The van der Waals surface area contributed by atoms with Gasteiger partial charge in [0.25, 0.3) is 5.56 Å². The van der Waals surface area contributed by atoms with Crippen molar-refractivity contribution < 1.29 is 18.3 Å². The van der Waals surface area contributed by atoms with Crippen LogP contribution in [-0.2, 0) is 14.8 Å². The van der Waals surface area contributed by atoms with E-state index in [1.807, 2.05) is 4.98 Å². The van der Waals surface area contributed by atoms with Gasteiger partial charge in [-0.15, -0.1) is 0 Å². The van der Waals surface area contributed by atoms with Crippen molar-refractivity contribution in [2.45, 2.75) is 23.8 Å². The normalized spacial score (nSPS) is 14.9. The van der Waals surface area contributed by atoms with Crippen molar-refractivity contribution >= 4 is 10.0 Å². The van der Waals surface area contributed by atoms with Crippen LogP contribution in [0.3, 0.4) is 0 Å². The number of sulfonamides is 1. The summed E-state index contributed by atoms with van der Waals surface area (Å²) in [5.74, 6) is 0. The zero-order chi connectivity index (χ0) is 15.4. The van der Waals surface area contributed by atoms with Gasteiger partial charge in [0.05, 0.1) is 5.60 Å². The Bertz CT molecular complexity index is 660. The van der Waals surface area contributed by atoms with Crippen LogP contribution in [0.1, 0.15) is 13.3 Å². The minimum Gasteiger partial charge on any atom is -0.389 e. The summed E-state index contributed by atoms with van der Waals surface area (Å²) in [6, 6.07) is 0. The lowest BCUT2D eigenvalue weighted by molar-refractivity contribution is 0.0292. The summed E-state index contributed by atoms with van der Waals surface area (Å²) in [6.45, 7) is 1.40. The molecule has 1 rings (SSSR count). The summed E-state index contributed by atoms with van der Waals surface area (Å²) in [5.41, 5.74) is -3.16. The molecular formula is C10H17N3O6S. The molecule has 20 heavy (non-hydrogen) atoms. The first kappa shape index (κ1) is 16.6. The Morgan fingerprint density at radius 3 is 2.65 bits per heavy atom. The molecule has 1 heterocycles. The summed E-state index contributed by atoms with van der Waals surface area (Å²) < 4.78 is 30.7. The molecule has 0 fully saturated rings. The van der Waals surface area contributed by atoms with Crippen LogP contribution >= 0.6 is 0 Å². The molecule has 1 aromatic heterocycles. The minimum absolute atomic E-state index is 0.216. The second-order valence-corrected chi connectivity index (χ2v) is 6.24. The van der Waals surface area contributed by atoms with Gasteiger partial charge >= 0.3 is 5.69 Å². The lowest BCUT2D eigenvalue weighted by Gasteiger charge is -2.22. The van der Waals surface area contributed by atoms with Crippen LogP contribution in [0.25, 0.3) is 0 Å². The Morgan fingerprint density at radius 2 is 2.10 bits per heavy atom. The molecule has 0 aliphatic heterocycles. The van der Waals surface area contributed by atoms with E-state index in [1.54, 1.807) is 0 Å². The largest absolute Gasteiger partial charge is 0.389 e. The molecule has 114 valence electrons. The van der Waals surface area contributed by atoms with Crippen LogP contribution in [0, 0.1) is 0 Å². The number of hydrogen-bond donors (Lipinski definition) is 4. The topological polar surface area (TPSA) is 141 Å². The number of hydrogen-bond acceptors (Lipinski definition) is 6. The van der Waals surface area contributed by atoms with Gasteiger partial charge < -0.3 is 14.8 Å². The Morgan fingerprint density at radius 1 is 1.45 bits per heavy atom. The van der Waals surface area contributed by atoms with Crippen molar-refractivity contribution in [3.8, 4) is 0 Å². The van der Waals surface area contributed by atoms with Crippen molar-refractivity contribution in [2.75, 3.05) is 20.3 Å². The molecule has 1 aromatic rings. The maximum absolute atomic E-state index is 11.9. The standard InChI is InChI=1S/C10H17N3O6S/c1-10(16,3-4-19-2)6-12-20(17,18)7-5-11-9(15)13-8(7)14/h5,12,16H,3-4,6H2,1-2H3,(H2,11,13,14,15). The highest BCUT2D eigenvalue weighted by Crippen LogP contribution is 2.09. The molecule has 0 spiro atoms. The van der Waals surface area contributed by atoms with Crippen LogP contribution in [0.5, 0.6) is 0 Å². The second-order valence-electron chi connectivity index (χ2n) is 4.50. The number of ether oxygens (including phenoxy) is 1. The van der Waals surface area contributed by atoms with Crippen molar-refractivity contribution in [3.63, 3.8) is 0 Å². The number of H-pyrrole nitrogens is 2. The summed E-state index contributed by atoms with van der Waals surface area (Å²) in [6.07, 6.45) is 1.02. The number of rotatable bonds is 7. The first-order valence-corrected chi connectivity index (χ1v) is 7.19. The highest BCUT2D eigenvalue weighted by atomic mass is 32.2. The summed E-state index contributed by atoms with van der Waals surface area (Å²) >= 11 is 0. The average Bonchev–Trinajstić information content (AvgIpc) is 2.34. The minimum atomic E-state index is -4.13. The number of nitrogens with one attached hydrogen (secondary N) is 3. The van der Waals surface area contributed by atoms with Gasteiger partial charge in [0, 0.05) is 32.9 Å². The van der Waals surface area contributed by atoms with Gasteiger partial charge in [-0.3, -0.25) is 9.78 Å². The predicted octanol–water partition coefficient (Wildman–Crippen LogP) is -1.87. The third-order valence-electron chi connectivity index (χ3n) is 2.56. The third-order valence-corrected chi connectivity index (χ3v) is 3.97. The fourth-order valence-electron chi connectivity index (χ4n) is 1.34. The monoisotopic (exact) mass is 307 g/mol. The first-order valence-electron chi connectivity index (χ1n) is 5.71. The molecule has 0 saturated heterocycles. The van der Waals surface area contributed by atoms with E-state index < -0.39 is 31.8 Å². The van der Waals surface area contributed by atoms with Crippen molar-refractivity contribution in [2.24, 2.45) is 0 Å². The number of aromatic amines is 2. The lowest BCUT2D eigenvalue weighted by Crippen LogP contribution is -2.43. The number of methoxy groups -OCH3 is 1. The number of aliphatic hydroxyl groups is 1. The van der Waals surface area contributed by atoms with Crippen LogP contribution in [0.15, 0.2) is 20.7 Å². The number of aromatic nitrogens is 2. The average molecular weight is 307 g/mol. The molecule has 1 atom stereocenters. The SMILES string of the molecule is COCCC(C)(O)CNS(=O)(=O)c1c[nH]c(=O)[nH]c1=O. The van der Waals surface area contributed by atoms with Crippen molar-refractivity contribution in [1.29, 1.82) is 0 Å². The molecule has 0 bridgehead atoms. The fourth-order valence-corrected chi connectivity index (χ4v) is 2.50. The third kappa shape index (κ3) is 4.56. The van der Waals surface area contributed by atoms with E-state index in [-0.39, 0.29) is 19.6 Å². The Balaban J connectivity index is 2.85. The van der Waals surface area contributed by atoms with Crippen molar-refractivity contribution in [3.05, 3.63) is 27.0 Å². The Hall–Kier alpha value is -1.49. The quantitative estimate of drug-likeness (QED) is 0.465. The van der Waals surface area contributed by atoms with Gasteiger partial charge in [0.2, 0.25) is 10.0 Å². The van der Waals surface area contributed by atoms with Gasteiger partial charge in [-0.05, 0) is 6.92 Å². The van der Waals surface area contributed by atoms with E-state index in [9.17, 15) is 23.1 Å². The molecule has 0 saturated carbocycles. The summed E-state index contributed by atoms with van der Waals surface area (Å²) in [7, 11) is -2.67. The lowest BCUT2D eigenvalue weighted by atomic mass is 10.0. The van der Waals surface area contributed by atoms with Crippen LogP contribution in [0.2, 0.25) is 0 Å². The zero-order valence-electron chi connectivity index (χ0n) is 11.1. The van der Waals surface area contributed by atoms with E-state index >= 15 is 0 Å². The van der Waals surface area contributed by atoms with Gasteiger partial charge in [-0.2, -0.15) is 0 Å². The molecule has 10 heteroatoms. The molecule has 9 nitrogen and oxygen atoms in total. The molecule has 0 radical (unpaired) electrons. The predicted molar refractivity (Wildman–Crippen MR) is 70.0 cm³/mol. The smallest absolute Gasteiger partial charge is 0.325 e. The van der Waals surface area contributed by atoms with Crippen molar-refractivity contribution in [1.82, 2.24) is 14.7 Å². The van der Waals surface area contributed by atoms with E-state index in [2.05, 4.69) is 9.71 Å². The fraction of sp³-hybridized carbons (Fsp3) is 0.600. The summed E-state index contributed by atoms with van der Waals surface area (Å²) in [5, 5.41) is 9.92. The highest BCUT2D eigenvalue weighted by molar-refractivity contribution is 7.89. The van der Waals surface area contributed by atoms with Gasteiger partial charge in [0.1, 0.15) is 0 Å². The first-order chi connectivity index (χ1) is 9.18. The molecule has 1 unspecified atom stereocenters. The highest BCUT2D eigenvalue weighted by Gasteiger charge is 2.25. The molecule has 0 amide bonds. The Kier molecular flexibility index (Phi) is 5.22. The Labute approximate surface area is 115 Å². The molecule has 0 aromatic carbocycles. The molecule has 0 aliphatic carbocycles. The van der Waals surface area contributed by atoms with Crippen LogP contribution < -0.4 is 16.0 Å². The van der Waals surface area contributed by atoms with Crippen LogP contribution in [0.4, 0.5) is 0 Å². The van der Waals surface area contributed by atoms with Gasteiger partial charge in [-0.1, -0.05) is 0 Å². The zero-order valence-corrected chi connectivity index (χ0v) is 11.9. The van der Waals surface area contributed by atoms with Gasteiger partial charge in [-0.25, -0.2) is 17.9 Å². The van der Waals surface area contributed by atoms with E-state index in [4.69, 9.17) is 4.74 Å². The summed E-state index contributed by atoms with van der Waals surface area (Å²) in [4.78, 5) is 25.5. The molecule has 0 aliphatic rings. The second kappa shape index (κ2) is 6.31.